The fourth-order valence-corrected chi connectivity index (χ4v) is 3.21. The van der Waals surface area contributed by atoms with Crippen molar-refractivity contribution in [1.29, 1.82) is 0 Å². The highest BCUT2D eigenvalue weighted by Gasteiger charge is 2.24. The molecule has 4 aromatic heterocycles. The minimum absolute atomic E-state index is 0.0603. The molecule has 0 unspecified atom stereocenters. The van der Waals surface area contributed by atoms with Crippen LogP contribution in [0.4, 0.5) is 26.1 Å². The van der Waals surface area contributed by atoms with Gasteiger partial charge in [0.2, 0.25) is 0 Å². The number of imidazole rings is 1. The summed E-state index contributed by atoms with van der Waals surface area (Å²) in [6, 6.07) is 4.00. The summed E-state index contributed by atoms with van der Waals surface area (Å²) in [4.78, 5) is 41.6. The van der Waals surface area contributed by atoms with Gasteiger partial charge in [-0.2, -0.15) is 8.78 Å². The molecule has 0 aliphatic rings. The zero-order valence-electron chi connectivity index (χ0n) is 17.7. The minimum atomic E-state index is -3.03. The molecule has 2 N–H and O–H groups in total. The number of rotatable bonds is 6. The van der Waals surface area contributed by atoms with Crippen molar-refractivity contribution in [2.24, 2.45) is 7.05 Å². The number of nitrogens with zero attached hydrogens (tertiary/aromatic N) is 6. The van der Waals surface area contributed by atoms with Gasteiger partial charge in [-0.1, -0.05) is 0 Å². The molecule has 0 aliphatic carbocycles. The van der Waals surface area contributed by atoms with Crippen LogP contribution < -0.4 is 16.2 Å². The fraction of sp³-hybridized carbons (Fsp3) is 0.200. The number of fused-ring (bicyclic) bond motifs is 1. The number of halogens is 2. The zero-order chi connectivity index (χ0) is 23.7. The third-order valence-corrected chi connectivity index (χ3v) is 4.82. The number of anilines is 3. The van der Waals surface area contributed by atoms with Crippen molar-refractivity contribution in [3.05, 3.63) is 52.8 Å². The van der Waals surface area contributed by atoms with Gasteiger partial charge in [-0.05, 0) is 12.1 Å². The van der Waals surface area contributed by atoms with Crippen molar-refractivity contribution in [3.8, 4) is 11.5 Å². The molecule has 0 saturated carbocycles. The molecule has 0 aliphatic heterocycles. The van der Waals surface area contributed by atoms with Crippen molar-refractivity contribution in [1.82, 2.24) is 29.1 Å². The Balaban J connectivity index is 1.87. The highest BCUT2D eigenvalue weighted by Crippen LogP contribution is 2.30. The number of alkyl halides is 2. The van der Waals surface area contributed by atoms with Gasteiger partial charge in [0.05, 0.1) is 30.0 Å². The van der Waals surface area contributed by atoms with Crippen LogP contribution >= 0.6 is 0 Å². The molecule has 33 heavy (non-hydrogen) atoms. The van der Waals surface area contributed by atoms with Crippen molar-refractivity contribution in [2.75, 3.05) is 24.8 Å². The van der Waals surface area contributed by atoms with Crippen LogP contribution in [0.15, 0.2) is 41.6 Å². The second kappa shape index (κ2) is 8.61. The highest BCUT2D eigenvalue weighted by atomic mass is 19.3. The van der Waals surface area contributed by atoms with Gasteiger partial charge in [0.25, 0.3) is 5.56 Å². The van der Waals surface area contributed by atoms with E-state index in [-0.39, 0.29) is 33.3 Å². The Bertz CT molecular complexity index is 1420. The first kappa shape index (κ1) is 21.8. The molecule has 0 spiro atoms. The molecule has 0 atom stereocenters. The Morgan fingerprint density at radius 3 is 2.61 bits per heavy atom. The Morgan fingerprint density at radius 2 is 1.94 bits per heavy atom. The summed E-state index contributed by atoms with van der Waals surface area (Å²) in [6.45, 7) is -3.03. The highest BCUT2D eigenvalue weighted by molar-refractivity contribution is 5.95. The average Bonchev–Trinajstić information content (AvgIpc) is 3.15. The second-order valence-corrected chi connectivity index (χ2v) is 6.78. The first-order valence-corrected chi connectivity index (χ1v) is 9.56. The Kier molecular flexibility index (Phi) is 5.69. The first-order valence-electron chi connectivity index (χ1n) is 9.56. The molecule has 4 aromatic rings. The minimum Gasteiger partial charge on any atom is -0.464 e. The molecule has 0 saturated heterocycles. The SMILES string of the molecule is CNc1nc(Nc2ccc(=O)n(C(F)F)c2)c(C(=O)OC)nc1-c1nc2ccncc2n1C. The van der Waals surface area contributed by atoms with Gasteiger partial charge >= 0.3 is 12.5 Å². The van der Waals surface area contributed by atoms with E-state index in [0.717, 1.165) is 17.8 Å². The standard InChI is InChI=1S/C20H18F2N8O3/c1-23-16-14(18-26-11-6-7-24-8-12(11)29(18)2)27-15(19(32)33-3)17(28-16)25-10-4-5-13(31)30(9-10)20(21)22/h4-9,20H,1-3H3,(H2,23,25,28). The van der Waals surface area contributed by atoms with Crippen LogP contribution in [-0.4, -0.2) is 49.2 Å². The number of ether oxygens (including phenoxy) is 1. The predicted octanol–water partition coefficient (Wildman–Crippen LogP) is 2.55. The molecule has 0 fully saturated rings. The van der Waals surface area contributed by atoms with Crippen LogP contribution in [0.1, 0.15) is 17.0 Å². The number of nitrogens with one attached hydrogen (secondary N) is 2. The monoisotopic (exact) mass is 456 g/mol. The third-order valence-electron chi connectivity index (χ3n) is 4.82. The number of hydrogen-bond donors (Lipinski definition) is 2. The molecule has 0 bridgehead atoms. The van der Waals surface area contributed by atoms with E-state index in [4.69, 9.17) is 4.74 Å². The smallest absolute Gasteiger partial charge is 0.360 e. The van der Waals surface area contributed by atoms with E-state index in [9.17, 15) is 18.4 Å². The zero-order valence-corrected chi connectivity index (χ0v) is 17.7. The fourth-order valence-electron chi connectivity index (χ4n) is 3.21. The number of methoxy groups -OCH3 is 1. The van der Waals surface area contributed by atoms with Gasteiger partial charge < -0.3 is 19.9 Å². The van der Waals surface area contributed by atoms with E-state index >= 15 is 0 Å². The predicted molar refractivity (Wildman–Crippen MR) is 116 cm³/mol. The normalized spacial score (nSPS) is 11.1. The van der Waals surface area contributed by atoms with Gasteiger partial charge in [0, 0.05) is 32.6 Å². The van der Waals surface area contributed by atoms with E-state index < -0.39 is 18.1 Å². The van der Waals surface area contributed by atoms with Crippen LogP contribution in [-0.2, 0) is 11.8 Å². The van der Waals surface area contributed by atoms with Crippen molar-refractivity contribution in [2.45, 2.75) is 6.55 Å². The summed E-state index contributed by atoms with van der Waals surface area (Å²) in [6.07, 6.45) is 4.17. The number of esters is 1. The Labute approximate surface area is 185 Å². The van der Waals surface area contributed by atoms with Crippen molar-refractivity contribution >= 4 is 34.3 Å². The van der Waals surface area contributed by atoms with Gasteiger partial charge in [-0.15, -0.1) is 0 Å². The maximum absolute atomic E-state index is 13.1. The molecule has 0 amide bonds. The Hall–Kier alpha value is -4.42. The quantitative estimate of drug-likeness (QED) is 0.421. The summed E-state index contributed by atoms with van der Waals surface area (Å²) in [7, 11) is 4.55. The molecule has 4 rings (SSSR count). The van der Waals surface area contributed by atoms with E-state index in [0.29, 0.717) is 11.3 Å². The molecule has 0 aromatic carbocycles. The van der Waals surface area contributed by atoms with Crippen LogP contribution in [0.2, 0.25) is 0 Å². The second-order valence-electron chi connectivity index (χ2n) is 6.78. The van der Waals surface area contributed by atoms with Crippen LogP contribution in [0.5, 0.6) is 0 Å². The van der Waals surface area contributed by atoms with Crippen LogP contribution in [0, 0.1) is 0 Å². The molecule has 13 heteroatoms. The lowest BCUT2D eigenvalue weighted by atomic mass is 10.3. The largest absolute Gasteiger partial charge is 0.464 e. The summed E-state index contributed by atoms with van der Waals surface area (Å²) < 4.78 is 33.0. The topological polar surface area (TPSA) is 129 Å². The Morgan fingerprint density at radius 1 is 1.15 bits per heavy atom. The van der Waals surface area contributed by atoms with Crippen molar-refractivity contribution in [3.63, 3.8) is 0 Å². The summed E-state index contributed by atoms with van der Waals surface area (Å²) >= 11 is 0. The molecular formula is C20H18F2N8O3. The lowest BCUT2D eigenvalue weighted by Gasteiger charge is -2.15. The number of aromatic nitrogens is 6. The molecule has 11 nitrogen and oxygen atoms in total. The number of carbonyl (C=O) groups is 1. The lowest BCUT2D eigenvalue weighted by molar-refractivity contribution is 0.0594. The molecule has 4 heterocycles. The number of hydrogen-bond acceptors (Lipinski definition) is 9. The summed E-state index contributed by atoms with van der Waals surface area (Å²) in [5.41, 5.74) is 0.691. The van der Waals surface area contributed by atoms with E-state index in [1.54, 1.807) is 37.1 Å². The molecular weight excluding hydrogens is 438 g/mol. The van der Waals surface area contributed by atoms with Gasteiger partial charge in [-0.3, -0.25) is 14.3 Å². The number of pyridine rings is 2. The van der Waals surface area contributed by atoms with E-state index in [2.05, 4.69) is 30.6 Å². The van der Waals surface area contributed by atoms with Crippen LogP contribution in [0.3, 0.4) is 0 Å². The van der Waals surface area contributed by atoms with E-state index in [1.165, 1.54) is 13.2 Å². The van der Waals surface area contributed by atoms with Gasteiger partial charge in [0.1, 0.15) is 5.69 Å². The van der Waals surface area contributed by atoms with Crippen LogP contribution in [0.25, 0.3) is 22.6 Å². The maximum Gasteiger partial charge on any atom is 0.360 e. The summed E-state index contributed by atoms with van der Waals surface area (Å²) in [5, 5.41) is 5.66. The van der Waals surface area contributed by atoms with Gasteiger partial charge in [0.15, 0.2) is 23.2 Å². The van der Waals surface area contributed by atoms with E-state index in [1.807, 2.05) is 0 Å². The van der Waals surface area contributed by atoms with Crippen molar-refractivity contribution < 1.29 is 18.3 Å². The third kappa shape index (κ3) is 3.95. The summed E-state index contributed by atoms with van der Waals surface area (Å²) in [5.74, 6) is -0.192. The van der Waals surface area contributed by atoms with Gasteiger partial charge in [-0.25, -0.2) is 19.7 Å². The lowest BCUT2D eigenvalue weighted by Crippen LogP contribution is -2.20. The number of carbonyl (C=O) groups excluding carboxylic acids is 1. The molecule has 0 radical (unpaired) electrons. The number of aryl methyl sites for hydroxylation is 1. The first-order chi connectivity index (χ1) is 15.8. The molecule has 170 valence electrons. The average molecular weight is 456 g/mol. The maximum atomic E-state index is 13.1.